The van der Waals surface area contributed by atoms with Gasteiger partial charge in [-0.3, -0.25) is 9.59 Å². The molecular weight excluding hydrogens is 453 g/mol. The third-order valence-corrected chi connectivity index (χ3v) is 5.88. The first-order valence-electron chi connectivity index (χ1n) is 10.4. The fraction of sp³-hybridized carbons (Fsp3) is 0.348. The van der Waals surface area contributed by atoms with Crippen LogP contribution < -0.4 is 5.32 Å². The van der Waals surface area contributed by atoms with Crippen LogP contribution in [0.5, 0.6) is 0 Å². The van der Waals surface area contributed by atoms with Gasteiger partial charge >= 0.3 is 6.18 Å². The molecule has 1 aromatic heterocycles. The van der Waals surface area contributed by atoms with Crippen LogP contribution in [-0.4, -0.2) is 46.1 Å². The van der Waals surface area contributed by atoms with Crippen molar-refractivity contribution in [2.24, 2.45) is 0 Å². The number of alkyl halides is 3. The van der Waals surface area contributed by atoms with Gasteiger partial charge < -0.3 is 14.8 Å². The van der Waals surface area contributed by atoms with E-state index in [1.165, 1.54) is 11.0 Å². The van der Waals surface area contributed by atoms with Gasteiger partial charge in [0.15, 0.2) is 5.16 Å². The highest BCUT2D eigenvalue weighted by Gasteiger charge is 2.31. The van der Waals surface area contributed by atoms with Crippen molar-refractivity contribution in [3.8, 4) is 0 Å². The molecular formula is C23H25F3N4O2S. The summed E-state index contributed by atoms with van der Waals surface area (Å²) >= 11 is 1.16. The first-order valence-corrected chi connectivity index (χ1v) is 11.4. The summed E-state index contributed by atoms with van der Waals surface area (Å²) < 4.78 is 41.1. The molecule has 3 rings (SSSR count). The smallest absolute Gasteiger partial charge is 0.345 e. The topological polar surface area (TPSA) is 67.2 Å². The molecule has 10 heteroatoms. The summed E-state index contributed by atoms with van der Waals surface area (Å²) in [4.78, 5) is 30.4. The molecule has 0 unspecified atom stereocenters. The Morgan fingerprint density at radius 3 is 2.58 bits per heavy atom. The van der Waals surface area contributed by atoms with Gasteiger partial charge in [0.2, 0.25) is 5.91 Å². The molecule has 0 bridgehead atoms. The van der Waals surface area contributed by atoms with Crippen molar-refractivity contribution in [3.05, 3.63) is 53.6 Å². The molecule has 0 aliphatic rings. The number of nitrogens with one attached hydrogen (secondary N) is 1. The van der Waals surface area contributed by atoms with Crippen LogP contribution in [0.4, 0.5) is 18.9 Å². The minimum Gasteiger partial charge on any atom is -0.345 e. The molecule has 2 aromatic carbocycles. The number of hydrogen-bond acceptors (Lipinski definition) is 4. The van der Waals surface area contributed by atoms with Gasteiger partial charge in [-0.05, 0) is 42.8 Å². The molecule has 3 aromatic rings. The van der Waals surface area contributed by atoms with Crippen molar-refractivity contribution in [1.29, 1.82) is 0 Å². The lowest BCUT2D eigenvalue weighted by atomic mass is 10.2. The number of nitrogens with zero attached hydrogens (tertiary/aromatic N) is 3. The lowest BCUT2D eigenvalue weighted by molar-refractivity contribution is -0.137. The summed E-state index contributed by atoms with van der Waals surface area (Å²) in [5.74, 6) is -0.462. The van der Waals surface area contributed by atoms with Crippen LogP contribution in [0, 0.1) is 0 Å². The fourth-order valence-corrected chi connectivity index (χ4v) is 4.08. The van der Waals surface area contributed by atoms with Crippen molar-refractivity contribution in [1.82, 2.24) is 14.5 Å². The Labute approximate surface area is 194 Å². The van der Waals surface area contributed by atoms with E-state index in [2.05, 4.69) is 10.3 Å². The number of imidazole rings is 1. The van der Waals surface area contributed by atoms with E-state index < -0.39 is 11.7 Å². The Morgan fingerprint density at radius 2 is 1.91 bits per heavy atom. The minimum atomic E-state index is -4.45. The number of unbranched alkanes of at least 4 members (excludes halogenated alkanes) is 1. The predicted octanol–water partition coefficient (Wildman–Crippen LogP) is 5.29. The minimum absolute atomic E-state index is 0.0213. The number of carbonyl (C=O) groups excluding carboxylic acids is 2. The lowest BCUT2D eigenvalue weighted by Crippen LogP contribution is -2.22. The number of fused-ring (bicyclic) bond motifs is 1. The highest BCUT2D eigenvalue weighted by Crippen LogP contribution is 2.33. The lowest BCUT2D eigenvalue weighted by Gasteiger charge is -2.12. The number of hydrogen-bond donors (Lipinski definition) is 1. The molecule has 0 saturated carbocycles. The molecule has 0 spiro atoms. The number of thioether (sulfide) groups is 1. The van der Waals surface area contributed by atoms with Crippen LogP contribution in [0.25, 0.3) is 11.0 Å². The second-order valence-electron chi connectivity index (χ2n) is 7.72. The Kier molecular flexibility index (Phi) is 7.68. The van der Waals surface area contributed by atoms with Crippen LogP contribution in [0.15, 0.2) is 47.6 Å². The predicted molar refractivity (Wildman–Crippen MR) is 123 cm³/mol. The van der Waals surface area contributed by atoms with Crippen molar-refractivity contribution in [2.75, 3.05) is 25.2 Å². The van der Waals surface area contributed by atoms with Gasteiger partial charge in [0.25, 0.3) is 5.91 Å². The molecule has 0 aliphatic heterocycles. The zero-order valence-electron chi connectivity index (χ0n) is 18.6. The molecule has 0 atom stereocenters. The Morgan fingerprint density at radius 1 is 1.15 bits per heavy atom. The van der Waals surface area contributed by atoms with E-state index in [0.29, 0.717) is 28.5 Å². The SMILES string of the molecule is CCCCn1c(SCC(=O)Nc2cccc(C(=O)N(C)C)c2)nc2cc(C(F)(F)F)ccc21. The number of aromatic nitrogens is 2. The number of amides is 2. The summed E-state index contributed by atoms with van der Waals surface area (Å²) in [6, 6.07) is 10.1. The number of benzene rings is 2. The van der Waals surface area contributed by atoms with Gasteiger partial charge in [0, 0.05) is 31.9 Å². The maximum Gasteiger partial charge on any atom is 0.416 e. The quantitative estimate of drug-likeness (QED) is 0.447. The van der Waals surface area contributed by atoms with Gasteiger partial charge in [0.05, 0.1) is 22.3 Å². The standard InChI is InChI=1S/C23H25F3N4O2S/c1-4-5-11-30-19-10-9-16(23(24,25)26)13-18(19)28-22(30)33-14-20(31)27-17-8-6-7-15(12-17)21(32)29(2)3/h6-10,12-13H,4-5,11,14H2,1-3H3,(H,27,31). The highest BCUT2D eigenvalue weighted by molar-refractivity contribution is 7.99. The van der Waals surface area contributed by atoms with E-state index in [1.807, 2.05) is 11.5 Å². The zero-order valence-corrected chi connectivity index (χ0v) is 19.4. The normalized spacial score (nSPS) is 11.6. The second-order valence-corrected chi connectivity index (χ2v) is 8.66. The van der Waals surface area contributed by atoms with Gasteiger partial charge in [-0.2, -0.15) is 13.2 Å². The van der Waals surface area contributed by atoms with E-state index >= 15 is 0 Å². The van der Waals surface area contributed by atoms with E-state index in [0.717, 1.165) is 36.7 Å². The first-order chi connectivity index (χ1) is 15.6. The second kappa shape index (κ2) is 10.3. The van der Waals surface area contributed by atoms with Crippen LogP contribution in [0.2, 0.25) is 0 Å². The zero-order chi connectivity index (χ0) is 24.2. The maximum absolute atomic E-state index is 13.1. The average molecular weight is 479 g/mol. The van der Waals surface area contributed by atoms with E-state index in [-0.39, 0.29) is 23.1 Å². The summed E-state index contributed by atoms with van der Waals surface area (Å²) in [6.45, 7) is 2.62. The number of rotatable bonds is 8. The molecule has 33 heavy (non-hydrogen) atoms. The summed E-state index contributed by atoms with van der Waals surface area (Å²) in [6.07, 6.45) is -2.71. The molecule has 0 saturated heterocycles. The Balaban J connectivity index is 1.76. The van der Waals surface area contributed by atoms with Crippen LogP contribution >= 0.6 is 11.8 Å². The number of aryl methyl sites for hydroxylation is 1. The molecule has 2 amide bonds. The van der Waals surface area contributed by atoms with Crippen LogP contribution in [-0.2, 0) is 17.5 Å². The van der Waals surface area contributed by atoms with E-state index in [9.17, 15) is 22.8 Å². The molecule has 0 aliphatic carbocycles. The molecule has 176 valence electrons. The van der Waals surface area contributed by atoms with Gasteiger partial charge in [-0.25, -0.2) is 4.98 Å². The van der Waals surface area contributed by atoms with Crippen molar-refractivity contribution >= 4 is 40.3 Å². The largest absolute Gasteiger partial charge is 0.416 e. The Bertz CT molecular complexity index is 1160. The number of anilines is 1. The molecule has 0 fully saturated rings. The molecule has 6 nitrogen and oxygen atoms in total. The van der Waals surface area contributed by atoms with E-state index in [1.54, 1.807) is 38.4 Å². The van der Waals surface area contributed by atoms with Crippen LogP contribution in [0.3, 0.4) is 0 Å². The highest BCUT2D eigenvalue weighted by atomic mass is 32.2. The summed E-state index contributed by atoms with van der Waals surface area (Å²) in [5.41, 5.74) is 1.04. The van der Waals surface area contributed by atoms with Gasteiger partial charge in [-0.15, -0.1) is 0 Å². The Hall–Kier alpha value is -3.01. The molecule has 0 radical (unpaired) electrons. The first kappa shape index (κ1) is 24.6. The van der Waals surface area contributed by atoms with Crippen molar-refractivity contribution < 1.29 is 22.8 Å². The van der Waals surface area contributed by atoms with Crippen molar-refractivity contribution in [3.63, 3.8) is 0 Å². The molecule has 1 heterocycles. The third kappa shape index (κ3) is 6.07. The average Bonchev–Trinajstić information content (AvgIpc) is 3.11. The van der Waals surface area contributed by atoms with E-state index in [4.69, 9.17) is 0 Å². The fourth-order valence-electron chi connectivity index (χ4n) is 3.24. The maximum atomic E-state index is 13.1. The van der Waals surface area contributed by atoms with Gasteiger partial charge in [0.1, 0.15) is 0 Å². The summed E-state index contributed by atoms with van der Waals surface area (Å²) in [5, 5.41) is 3.25. The monoisotopic (exact) mass is 478 g/mol. The van der Waals surface area contributed by atoms with Crippen molar-refractivity contribution in [2.45, 2.75) is 37.6 Å². The van der Waals surface area contributed by atoms with Gasteiger partial charge in [-0.1, -0.05) is 31.2 Å². The third-order valence-electron chi connectivity index (χ3n) is 4.91. The number of carbonyl (C=O) groups is 2. The number of halogens is 3. The van der Waals surface area contributed by atoms with Crippen LogP contribution in [0.1, 0.15) is 35.7 Å². The molecule has 1 N–H and O–H groups in total. The summed E-state index contributed by atoms with van der Waals surface area (Å²) in [7, 11) is 3.29.